The third-order valence-corrected chi connectivity index (χ3v) is 6.35. The summed E-state index contributed by atoms with van der Waals surface area (Å²) < 4.78 is 0. The lowest BCUT2D eigenvalue weighted by Crippen LogP contribution is -2.32. The maximum atomic E-state index is 13.1. The highest BCUT2D eigenvalue weighted by atomic mass is 35.5. The number of halogens is 1. The van der Waals surface area contributed by atoms with Crippen LogP contribution in [-0.2, 0) is 11.3 Å². The number of anilines is 1. The first-order valence-corrected chi connectivity index (χ1v) is 11.2. The highest BCUT2D eigenvalue weighted by molar-refractivity contribution is 7.15. The van der Waals surface area contributed by atoms with Crippen molar-refractivity contribution in [2.24, 2.45) is 11.8 Å². The molecule has 0 saturated carbocycles. The van der Waals surface area contributed by atoms with Crippen LogP contribution in [0.3, 0.4) is 0 Å². The Bertz CT molecular complexity index is 988. The van der Waals surface area contributed by atoms with E-state index in [1.165, 1.54) is 11.3 Å². The van der Waals surface area contributed by atoms with Gasteiger partial charge in [0.2, 0.25) is 5.91 Å². The molecule has 1 aromatic carbocycles. The Morgan fingerprint density at radius 2 is 1.97 bits per heavy atom. The van der Waals surface area contributed by atoms with Gasteiger partial charge >= 0.3 is 5.97 Å². The molecule has 158 valence electrons. The summed E-state index contributed by atoms with van der Waals surface area (Å²) in [5.74, 6) is -0.467. The number of aromatic carboxylic acids is 1. The van der Waals surface area contributed by atoms with E-state index in [0.29, 0.717) is 29.6 Å². The molecule has 1 amide bonds. The van der Waals surface area contributed by atoms with Crippen LogP contribution in [0.4, 0.5) is 5.69 Å². The van der Waals surface area contributed by atoms with E-state index in [-0.39, 0.29) is 16.7 Å². The molecule has 1 aliphatic carbocycles. The molecule has 0 saturated heterocycles. The molecule has 0 bridgehead atoms. The van der Waals surface area contributed by atoms with Crippen molar-refractivity contribution in [1.82, 2.24) is 0 Å². The number of hydrogen-bond donors (Lipinski definition) is 1. The summed E-state index contributed by atoms with van der Waals surface area (Å²) in [6.45, 7) is 6.40. The minimum absolute atomic E-state index is 0.0893. The minimum Gasteiger partial charge on any atom is -0.477 e. The number of carboxylic acid groups (broad SMARTS) is 1. The third kappa shape index (κ3) is 5.41. The maximum absolute atomic E-state index is 13.1. The predicted octanol–water partition coefficient (Wildman–Crippen LogP) is 6.66. The van der Waals surface area contributed by atoms with Crippen LogP contribution in [0.15, 0.2) is 48.6 Å². The Morgan fingerprint density at radius 1 is 1.27 bits per heavy atom. The second kappa shape index (κ2) is 9.63. The van der Waals surface area contributed by atoms with Crippen molar-refractivity contribution in [2.45, 2.75) is 40.2 Å². The Balaban J connectivity index is 2.02. The van der Waals surface area contributed by atoms with Gasteiger partial charge in [-0.2, -0.15) is 0 Å². The van der Waals surface area contributed by atoms with Crippen LogP contribution in [0.2, 0.25) is 5.02 Å². The molecule has 0 aliphatic heterocycles. The highest BCUT2D eigenvalue weighted by Gasteiger charge is 2.26. The van der Waals surface area contributed by atoms with Crippen molar-refractivity contribution < 1.29 is 14.7 Å². The molecular formula is C24H26ClNO3S. The lowest BCUT2D eigenvalue weighted by Gasteiger charge is -2.24. The predicted molar refractivity (Wildman–Crippen MR) is 124 cm³/mol. The van der Waals surface area contributed by atoms with E-state index in [1.807, 2.05) is 38.1 Å². The molecule has 0 spiro atoms. The van der Waals surface area contributed by atoms with E-state index >= 15 is 0 Å². The normalized spacial score (nSPS) is 15.9. The SMILES string of the molecule is CC(C)CC(=O)N(Cc1ccc(Cl)cc1)c1cc(C2=CCC(C)C=C2)sc1C(=O)O. The molecule has 1 aromatic heterocycles. The molecule has 1 aliphatic rings. The zero-order valence-corrected chi connectivity index (χ0v) is 19.0. The van der Waals surface area contributed by atoms with Gasteiger partial charge in [0.05, 0.1) is 12.2 Å². The van der Waals surface area contributed by atoms with Crippen LogP contribution in [0.25, 0.3) is 5.57 Å². The minimum atomic E-state index is -1.02. The van der Waals surface area contributed by atoms with E-state index in [2.05, 4.69) is 19.1 Å². The summed E-state index contributed by atoms with van der Waals surface area (Å²) in [5.41, 5.74) is 2.36. The number of thiophene rings is 1. The summed E-state index contributed by atoms with van der Waals surface area (Å²) in [6.07, 6.45) is 7.56. The number of amides is 1. The second-order valence-corrected chi connectivity index (χ2v) is 9.55. The van der Waals surface area contributed by atoms with E-state index < -0.39 is 5.97 Å². The average Bonchev–Trinajstić information content (AvgIpc) is 3.13. The summed E-state index contributed by atoms with van der Waals surface area (Å²) in [4.78, 5) is 27.8. The molecule has 3 rings (SSSR count). The van der Waals surface area contributed by atoms with Crippen LogP contribution in [0, 0.1) is 11.8 Å². The first-order chi connectivity index (χ1) is 14.2. The molecule has 6 heteroatoms. The lowest BCUT2D eigenvalue weighted by atomic mass is 9.98. The first-order valence-electron chi connectivity index (χ1n) is 10.0. The van der Waals surface area contributed by atoms with Crippen LogP contribution in [0.1, 0.15) is 53.7 Å². The Kier molecular flexibility index (Phi) is 7.16. The number of allylic oxidation sites excluding steroid dienone is 4. The Hall–Kier alpha value is -2.37. The van der Waals surface area contributed by atoms with E-state index in [9.17, 15) is 14.7 Å². The van der Waals surface area contributed by atoms with Gasteiger partial charge in [0.15, 0.2) is 0 Å². The summed E-state index contributed by atoms with van der Waals surface area (Å²) >= 11 is 7.21. The highest BCUT2D eigenvalue weighted by Crippen LogP contribution is 2.38. The smallest absolute Gasteiger partial charge is 0.348 e. The summed E-state index contributed by atoms with van der Waals surface area (Å²) in [5, 5.41) is 10.5. The van der Waals surface area contributed by atoms with E-state index in [0.717, 1.165) is 22.4 Å². The molecule has 2 aromatic rings. The largest absolute Gasteiger partial charge is 0.477 e. The van der Waals surface area contributed by atoms with Gasteiger partial charge in [-0.1, -0.05) is 62.7 Å². The fraction of sp³-hybridized carbons (Fsp3) is 0.333. The molecular weight excluding hydrogens is 418 g/mol. The van der Waals surface area contributed by atoms with Crippen molar-refractivity contribution >= 4 is 46.1 Å². The van der Waals surface area contributed by atoms with Crippen molar-refractivity contribution in [2.75, 3.05) is 4.90 Å². The van der Waals surface area contributed by atoms with Gasteiger partial charge < -0.3 is 10.0 Å². The second-order valence-electron chi connectivity index (χ2n) is 8.07. The number of benzene rings is 1. The van der Waals surface area contributed by atoms with Gasteiger partial charge in [0, 0.05) is 16.3 Å². The van der Waals surface area contributed by atoms with Gasteiger partial charge in [-0.25, -0.2) is 4.79 Å². The molecule has 30 heavy (non-hydrogen) atoms. The summed E-state index contributed by atoms with van der Waals surface area (Å²) in [6, 6.07) is 9.11. The van der Waals surface area contributed by atoms with Crippen LogP contribution >= 0.6 is 22.9 Å². The van der Waals surface area contributed by atoms with Crippen molar-refractivity contribution in [3.05, 3.63) is 68.9 Å². The average molecular weight is 444 g/mol. The van der Waals surface area contributed by atoms with Gasteiger partial charge in [-0.3, -0.25) is 4.79 Å². The van der Waals surface area contributed by atoms with E-state index in [4.69, 9.17) is 11.6 Å². The Labute approximate surface area is 186 Å². The molecule has 0 radical (unpaired) electrons. The van der Waals surface area contributed by atoms with Crippen molar-refractivity contribution in [3.63, 3.8) is 0 Å². The Morgan fingerprint density at radius 3 is 2.53 bits per heavy atom. The van der Waals surface area contributed by atoms with Gasteiger partial charge in [-0.05, 0) is 47.6 Å². The monoisotopic (exact) mass is 443 g/mol. The molecule has 1 N–H and O–H groups in total. The molecule has 1 unspecified atom stereocenters. The number of rotatable bonds is 7. The van der Waals surface area contributed by atoms with Crippen molar-refractivity contribution in [1.29, 1.82) is 0 Å². The maximum Gasteiger partial charge on any atom is 0.348 e. The zero-order chi connectivity index (χ0) is 21.8. The van der Waals surface area contributed by atoms with Crippen LogP contribution < -0.4 is 4.90 Å². The third-order valence-electron chi connectivity index (χ3n) is 4.93. The number of hydrogen-bond acceptors (Lipinski definition) is 3. The van der Waals surface area contributed by atoms with Crippen LogP contribution in [-0.4, -0.2) is 17.0 Å². The lowest BCUT2D eigenvalue weighted by molar-refractivity contribution is -0.119. The molecule has 4 nitrogen and oxygen atoms in total. The summed E-state index contributed by atoms with van der Waals surface area (Å²) in [7, 11) is 0. The molecule has 1 heterocycles. The zero-order valence-electron chi connectivity index (χ0n) is 17.4. The number of carboxylic acids is 1. The standard InChI is InChI=1S/C24H26ClNO3S/c1-15(2)12-22(27)26(14-17-6-10-19(25)11-7-17)20-13-21(30-23(20)24(28)29)18-8-4-16(3)5-9-18/h4,6-11,13,15-16H,5,12,14H2,1-3H3,(H,28,29). The van der Waals surface area contributed by atoms with Crippen LogP contribution in [0.5, 0.6) is 0 Å². The number of carbonyl (C=O) groups is 2. The molecule has 0 fully saturated rings. The quantitative estimate of drug-likeness (QED) is 0.520. The number of nitrogens with zero attached hydrogens (tertiary/aromatic N) is 1. The molecule has 1 atom stereocenters. The number of carbonyl (C=O) groups excluding carboxylic acids is 1. The van der Waals surface area contributed by atoms with Gasteiger partial charge in [0.25, 0.3) is 0 Å². The topological polar surface area (TPSA) is 57.6 Å². The fourth-order valence-corrected chi connectivity index (χ4v) is 4.47. The first kappa shape index (κ1) is 22.3. The van der Waals surface area contributed by atoms with E-state index in [1.54, 1.807) is 17.0 Å². The fourth-order valence-electron chi connectivity index (χ4n) is 3.33. The van der Waals surface area contributed by atoms with Gasteiger partial charge in [-0.15, -0.1) is 11.3 Å². The van der Waals surface area contributed by atoms with Gasteiger partial charge in [0.1, 0.15) is 4.88 Å². The van der Waals surface area contributed by atoms with Crippen molar-refractivity contribution in [3.8, 4) is 0 Å².